The van der Waals surface area contributed by atoms with Crippen molar-refractivity contribution in [3.63, 3.8) is 0 Å². The minimum absolute atomic E-state index is 0.481. The van der Waals surface area contributed by atoms with Crippen LogP contribution in [0, 0.1) is 13.8 Å². The van der Waals surface area contributed by atoms with E-state index in [4.69, 9.17) is 4.74 Å². The molecule has 0 aliphatic heterocycles. The molecule has 4 nitrogen and oxygen atoms in total. The minimum atomic E-state index is -0.481. The summed E-state index contributed by atoms with van der Waals surface area (Å²) in [6.45, 7) is 8.17. The van der Waals surface area contributed by atoms with E-state index in [9.17, 15) is 0 Å². The van der Waals surface area contributed by atoms with Crippen LogP contribution < -0.4 is 5.32 Å². The van der Waals surface area contributed by atoms with E-state index in [0.717, 1.165) is 16.0 Å². The summed E-state index contributed by atoms with van der Waals surface area (Å²) in [4.78, 5) is 11.5. The highest BCUT2D eigenvalue weighted by atomic mass is 32.1. The third-order valence-corrected chi connectivity index (χ3v) is 4.42. The molecule has 2 aromatic rings. The monoisotopic (exact) mass is 265 g/mol. The Hall–Kier alpha value is -1.20. The number of aromatic nitrogens is 2. The van der Waals surface area contributed by atoms with Gasteiger partial charge in [0.1, 0.15) is 16.2 Å². The lowest BCUT2D eigenvalue weighted by Gasteiger charge is -2.21. The van der Waals surface area contributed by atoms with Gasteiger partial charge in [0.15, 0.2) is 5.82 Å². The van der Waals surface area contributed by atoms with Crippen molar-refractivity contribution < 1.29 is 4.74 Å². The first-order valence-electron chi connectivity index (χ1n) is 5.92. The smallest absolute Gasteiger partial charge is 0.163 e. The average molecular weight is 265 g/mol. The number of aryl methyl sites for hydroxylation is 2. The fraction of sp³-hybridized carbons (Fsp3) is 0.538. The zero-order chi connectivity index (χ0) is 13.5. The lowest BCUT2D eigenvalue weighted by Crippen LogP contribution is -2.23. The maximum absolute atomic E-state index is 5.46. The van der Waals surface area contributed by atoms with Crippen molar-refractivity contribution in [2.45, 2.75) is 33.3 Å². The first kappa shape index (κ1) is 13.2. The lowest BCUT2D eigenvalue weighted by atomic mass is 10.1. The molecule has 0 aliphatic carbocycles. The van der Waals surface area contributed by atoms with Gasteiger partial charge in [-0.2, -0.15) is 0 Å². The van der Waals surface area contributed by atoms with E-state index in [1.54, 1.807) is 18.4 Å². The molecule has 0 radical (unpaired) electrons. The van der Waals surface area contributed by atoms with Crippen LogP contribution in [0.2, 0.25) is 0 Å². The Balaban J connectivity index is 2.75. The van der Waals surface area contributed by atoms with Crippen LogP contribution in [0.5, 0.6) is 0 Å². The Morgan fingerprint density at radius 1 is 1.22 bits per heavy atom. The van der Waals surface area contributed by atoms with E-state index >= 15 is 0 Å². The normalized spacial score (nSPS) is 12.1. The quantitative estimate of drug-likeness (QED) is 0.925. The highest BCUT2D eigenvalue weighted by Crippen LogP contribution is 2.35. The summed E-state index contributed by atoms with van der Waals surface area (Å²) in [5.41, 5.74) is 0.770. The standard InChI is InChI=1S/C13H19N3OS/c1-7-8(2)18-11-9(7)10(14-5)15-12(16-11)13(3,4)17-6/h1-6H3,(H,14,15,16). The zero-order valence-electron chi connectivity index (χ0n) is 11.7. The molecule has 2 heterocycles. The Morgan fingerprint density at radius 2 is 1.89 bits per heavy atom. The summed E-state index contributed by atoms with van der Waals surface area (Å²) >= 11 is 1.70. The van der Waals surface area contributed by atoms with Crippen LogP contribution in [-0.2, 0) is 10.3 Å². The van der Waals surface area contributed by atoms with Crippen LogP contribution >= 0.6 is 11.3 Å². The molecule has 0 aliphatic rings. The van der Waals surface area contributed by atoms with Gasteiger partial charge in [0.25, 0.3) is 0 Å². The average Bonchev–Trinajstić information content (AvgIpc) is 2.64. The fourth-order valence-electron chi connectivity index (χ4n) is 1.79. The number of thiophene rings is 1. The number of nitrogens with one attached hydrogen (secondary N) is 1. The van der Waals surface area contributed by atoms with Gasteiger partial charge in [-0.1, -0.05) is 0 Å². The summed E-state index contributed by atoms with van der Waals surface area (Å²) in [7, 11) is 3.56. The molecule has 0 spiro atoms. The predicted octanol–water partition coefficient (Wildman–Crippen LogP) is 3.23. The van der Waals surface area contributed by atoms with Crippen molar-refractivity contribution in [3.8, 4) is 0 Å². The van der Waals surface area contributed by atoms with E-state index in [2.05, 4.69) is 29.1 Å². The van der Waals surface area contributed by atoms with E-state index in [1.807, 2.05) is 20.9 Å². The van der Waals surface area contributed by atoms with Crippen molar-refractivity contribution in [1.29, 1.82) is 0 Å². The molecule has 0 unspecified atom stereocenters. The molecule has 0 bridgehead atoms. The molecule has 0 saturated heterocycles. The highest BCUT2D eigenvalue weighted by molar-refractivity contribution is 7.18. The molecule has 0 aromatic carbocycles. The molecular weight excluding hydrogens is 246 g/mol. The van der Waals surface area contributed by atoms with Crippen LogP contribution in [0.3, 0.4) is 0 Å². The Kier molecular flexibility index (Phi) is 3.29. The van der Waals surface area contributed by atoms with Crippen LogP contribution in [0.15, 0.2) is 0 Å². The van der Waals surface area contributed by atoms with Crippen molar-refractivity contribution in [3.05, 3.63) is 16.3 Å². The molecule has 0 amide bonds. The number of hydrogen-bond donors (Lipinski definition) is 1. The van der Waals surface area contributed by atoms with Crippen molar-refractivity contribution in [2.24, 2.45) is 0 Å². The summed E-state index contributed by atoms with van der Waals surface area (Å²) in [5, 5.41) is 4.28. The van der Waals surface area contributed by atoms with Crippen molar-refractivity contribution >= 4 is 27.4 Å². The summed E-state index contributed by atoms with van der Waals surface area (Å²) in [5.74, 6) is 1.59. The number of anilines is 1. The molecule has 2 rings (SSSR count). The molecular formula is C13H19N3OS. The van der Waals surface area contributed by atoms with Crippen LogP contribution in [0.4, 0.5) is 5.82 Å². The number of fused-ring (bicyclic) bond motifs is 1. The molecule has 1 N–H and O–H groups in total. The third-order valence-electron chi connectivity index (χ3n) is 3.31. The summed E-state index contributed by atoms with van der Waals surface area (Å²) < 4.78 is 5.46. The van der Waals surface area contributed by atoms with Gasteiger partial charge in [0.2, 0.25) is 0 Å². The number of nitrogens with zero attached hydrogens (tertiary/aromatic N) is 2. The molecule has 98 valence electrons. The fourth-order valence-corrected chi connectivity index (χ4v) is 2.82. The molecule has 2 aromatic heterocycles. The second-order valence-electron chi connectivity index (χ2n) is 4.82. The SMILES string of the molecule is CNc1nc(C(C)(C)OC)nc2sc(C)c(C)c12. The van der Waals surface area contributed by atoms with Gasteiger partial charge in [-0.25, -0.2) is 9.97 Å². The van der Waals surface area contributed by atoms with E-state index in [1.165, 1.54) is 10.4 Å². The minimum Gasteiger partial charge on any atom is -0.372 e. The lowest BCUT2D eigenvalue weighted by molar-refractivity contribution is 0.0119. The van der Waals surface area contributed by atoms with Crippen molar-refractivity contribution in [1.82, 2.24) is 9.97 Å². The number of methoxy groups -OCH3 is 1. The van der Waals surface area contributed by atoms with Crippen molar-refractivity contribution in [2.75, 3.05) is 19.5 Å². The molecule has 0 saturated carbocycles. The molecule has 0 fully saturated rings. The van der Waals surface area contributed by atoms with Gasteiger partial charge < -0.3 is 10.1 Å². The first-order valence-corrected chi connectivity index (χ1v) is 6.73. The van der Waals surface area contributed by atoms with Crippen LogP contribution in [-0.4, -0.2) is 24.1 Å². The summed E-state index contributed by atoms with van der Waals surface area (Å²) in [6, 6.07) is 0. The third kappa shape index (κ3) is 1.97. The maximum atomic E-state index is 5.46. The zero-order valence-corrected chi connectivity index (χ0v) is 12.5. The Morgan fingerprint density at radius 3 is 2.44 bits per heavy atom. The molecule has 5 heteroatoms. The van der Waals surface area contributed by atoms with Gasteiger partial charge in [-0.3, -0.25) is 0 Å². The van der Waals surface area contributed by atoms with Gasteiger partial charge in [0.05, 0.1) is 5.39 Å². The van der Waals surface area contributed by atoms with Gasteiger partial charge in [0, 0.05) is 19.0 Å². The Bertz CT molecular complexity index is 589. The van der Waals surface area contributed by atoms with Gasteiger partial charge >= 0.3 is 0 Å². The summed E-state index contributed by atoms with van der Waals surface area (Å²) in [6.07, 6.45) is 0. The van der Waals surface area contributed by atoms with E-state index in [-0.39, 0.29) is 0 Å². The van der Waals surface area contributed by atoms with E-state index < -0.39 is 5.60 Å². The maximum Gasteiger partial charge on any atom is 0.163 e. The second-order valence-corrected chi connectivity index (χ2v) is 6.03. The highest BCUT2D eigenvalue weighted by Gasteiger charge is 2.25. The van der Waals surface area contributed by atoms with Crippen LogP contribution in [0.25, 0.3) is 10.2 Å². The Labute approximate surface area is 111 Å². The topological polar surface area (TPSA) is 47.0 Å². The van der Waals surface area contributed by atoms with E-state index in [0.29, 0.717) is 5.82 Å². The molecule has 18 heavy (non-hydrogen) atoms. The number of rotatable bonds is 3. The van der Waals surface area contributed by atoms with Gasteiger partial charge in [-0.05, 0) is 33.3 Å². The number of hydrogen-bond acceptors (Lipinski definition) is 5. The second kappa shape index (κ2) is 4.48. The predicted molar refractivity (Wildman–Crippen MR) is 76.5 cm³/mol. The number of ether oxygens (including phenoxy) is 1. The van der Waals surface area contributed by atoms with Gasteiger partial charge in [-0.15, -0.1) is 11.3 Å². The molecule has 0 atom stereocenters. The first-order chi connectivity index (χ1) is 8.40. The largest absolute Gasteiger partial charge is 0.372 e. The van der Waals surface area contributed by atoms with Crippen LogP contribution in [0.1, 0.15) is 30.1 Å².